The molecule has 17 heavy (non-hydrogen) atoms. The summed E-state index contributed by atoms with van der Waals surface area (Å²) < 4.78 is 2.93. The molecular formula is C10H14BrN3O2S. The van der Waals surface area contributed by atoms with E-state index >= 15 is 0 Å². The standard InChI is InChI=1S/C10H14BrN3O2S/c1-5-9(11)6(2)14(13-5)3-8-12-7(4-17-8)10(15)16/h7-8,12H,3-4H2,1-2H3,(H,15,16)/t7-,8-/m1/s1. The Kier molecular flexibility index (Phi) is 3.79. The number of carboxylic acid groups (broad SMARTS) is 1. The topological polar surface area (TPSA) is 67.2 Å². The second-order valence-electron chi connectivity index (χ2n) is 4.05. The molecule has 7 heteroatoms. The van der Waals surface area contributed by atoms with Gasteiger partial charge in [-0.15, -0.1) is 11.8 Å². The van der Waals surface area contributed by atoms with E-state index in [4.69, 9.17) is 5.11 Å². The summed E-state index contributed by atoms with van der Waals surface area (Å²) in [7, 11) is 0. The fourth-order valence-electron chi connectivity index (χ4n) is 1.79. The molecule has 1 aliphatic heterocycles. The molecule has 0 bridgehead atoms. The van der Waals surface area contributed by atoms with E-state index in [0.717, 1.165) is 15.9 Å². The van der Waals surface area contributed by atoms with Crippen molar-refractivity contribution in [3.8, 4) is 0 Å². The Labute approximate surface area is 112 Å². The van der Waals surface area contributed by atoms with Crippen molar-refractivity contribution in [2.45, 2.75) is 31.8 Å². The number of aliphatic carboxylic acids is 1. The van der Waals surface area contributed by atoms with Gasteiger partial charge in [0.25, 0.3) is 0 Å². The van der Waals surface area contributed by atoms with Crippen LogP contribution in [0.2, 0.25) is 0 Å². The first-order valence-electron chi connectivity index (χ1n) is 5.29. The Morgan fingerprint density at radius 3 is 2.88 bits per heavy atom. The van der Waals surface area contributed by atoms with Gasteiger partial charge in [0.05, 0.1) is 22.1 Å². The van der Waals surface area contributed by atoms with Gasteiger partial charge in [-0.1, -0.05) is 0 Å². The number of thioether (sulfide) groups is 1. The van der Waals surface area contributed by atoms with Gasteiger partial charge >= 0.3 is 5.97 Å². The van der Waals surface area contributed by atoms with Crippen LogP contribution in [0.25, 0.3) is 0 Å². The molecule has 1 aromatic heterocycles. The zero-order chi connectivity index (χ0) is 12.6. The Bertz CT molecular complexity index is 449. The number of aryl methyl sites for hydroxylation is 1. The Morgan fingerprint density at radius 2 is 2.41 bits per heavy atom. The van der Waals surface area contributed by atoms with Crippen molar-refractivity contribution in [3.63, 3.8) is 0 Å². The SMILES string of the molecule is Cc1nn(C[C@@H]2N[C@@H](C(=O)O)CS2)c(C)c1Br. The van der Waals surface area contributed by atoms with Crippen LogP contribution in [-0.2, 0) is 11.3 Å². The summed E-state index contributed by atoms with van der Waals surface area (Å²) >= 11 is 5.11. The van der Waals surface area contributed by atoms with E-state index in [-0.39, 0.29) is 5.37 Å². The molecule has 0 amide bonds. The molecule has 2 atom stereocenters. The molecule has 2 N–H and O–H groups in total. The molecule has 1 fully saturated rings. The first-order chi connectivity index (χ1) is 7.99. The maximum absolute atomic E-state index is 10.8. The number of hydrogen-bond donors (Lipinski definition) is 2. The summed E-state index contributed by atoms with van der Waals surface area (Å²) in [6.07, 6.45) is 0. The number of aromatic nitrogens is 2. The fraction of sp³-hybridized carbons (Fsp3) is 0.600. The van der Waals surface area contributed by atoms with Crippen LogP contribution in [0.15, 0.2) is 4.47 Å². The normalized spacial score (nSPS) is 24.2. The molecule has 1 aromatic rings. The van der Waals surface area contributed by atoms with Crippen LogP contribution in [0, 0.1) is 13.8 Å². The smallest absolute Gasteiger partial charge is 0.321 e. The highest BCUT2D eigenvalue weighted by Crippen LogP contribution is 2.24. The van der Waals surface area contributed by atoms with Crippen molar-refractivity contribution in [2.75, 3.05) is 5.75 Å². The van der Waals surface area contributed by atoms with Crippen LogP contribution in [0.3, 0.4) is 0 Å². The monoisotopic (exact) mass is 319 g/mol. The first kappa shape index (κ1) is 12.9. The summed E-state index contributed by atoms with van der Waals surface area (Å²) in [5.41, 5.74) is 2.03. The lowest BCUT2D eigenvalue weighted by atomic mass is 10.3. The molecule has 2 rings (SSSR count). The van der Waals surface area contributed by atoms with E-state index in [1.807, 2.05) is 18.5 Å². The largest absolute Gasteiger partial charge is 0.480 e. The zero-order valence-corrected chi connectivity index (χ0v) is 12.0. The third kappa shape index (κ3) is 2.66. The van der Waals surface area contributed by atoms with Gasteiger partial charge in [-0.3, -0.25) is 14.8 Å². The second kappa shape index (κ2) is 4.99. The average Bonchev–Trinajstić information content (AvgIpc) is 2.82. The molecule has 0 unspecified atom stereocenters. The van der Waals surface area contributed by atoms with Crippen molar-refractivity contribution in [3.05, 3.63) is 15.9 Å². The van der Waals surface area contributed by atoms with E-state index in [1.54, 1.807) is 11.8 Å². The van der Waals surface area contributed by atoms with Crippen molar-refractivity contribution < 1.29 is 9.90 Å². The van der Waals surface area contributed by atoms with Gasteiger partial charge in [0, 0.05) is 11.4 Å². The highest BCUT2D eigenvalue weighted by molar-refractivity contribution is 9.10. The zero-order valence-electron chi connectivity index (χ0n) is 9.61. The molecule has 2 heterocycles. The predicted molar refractivity (Wildman–Crippen MR) is 70.2 cm³/mol. The van der Waals surface area contributed by atoms with E-state index in [2.05, 4.69) is 26.3 Å². The lowest BCUT2D eigenvalue weighted by molar-refractivity contribution is -0.138. The highest BCUT2D eigenvalue weighted by atomic mass is 79.9. The minimum atomic E-state index is -0.783. The van der Waals surface area contributed by atoms with Gasteiger partial charge in [-0.05, 0) is 29.8 Å². The Morgan fingerprint density at radius 1 is 1.71 bits per heavy atom. The van der Waals surface area contributed by atoms with Crippen LogP contribution < -0.4 is 5.32 Å². The lowest BCUT2D eigenvalue weighted by Gasteiger charge is -2.12. The number of hydrogen-bond acceptors (Lipinski definition) is 4. The molecule has 0 radical (unpaired) electrons. The van der Waals surface area contributed by atoms with Gasteiger partial charge < -0.3 is 5.11 Å². The molecule has 94 valence electrons. The molecule has 1 aliphatic rings. The van der Waals surface area contributed by atoms with Crippen molar-refractivity contribution in [2.24, 2.45) is 0 Å². The van der Waals surface area contributed by atoms with Gasteiger partial charge in [0.15, 0.2) is 0 Å². The first-order valence-corrected chi connectivity index (χ1v) is 7.13. The van der Waals surface area contributed by atoms with Crippen LogP contribution in [0.5, 0.6) is 0 Å². The molecule has 0 spiro atoms. The van der Waals surface area contributed by atoms with Crippen LogP contribution in [0.4, 0.5) is 0 Å². The van der Waals surface area contributed by atoms with E-state index in [1.165, 1.54) is 0 Å². The average molecular weight is 320 g/mol. The quantitative estimate of drug-likeness (QED) is 0.881. The summed E-state index contributed by atoms with van der Waals surface area (Å²) in [6.45, 7) is 4.63. The number of rotatable bonds is 3. The molecule has 5 nitrogen and oxygen atoms in total. The summed E-state index contributed by atoms with van der Waals surface area (Å²) in [4.78, 5) is 10.8. The molecule has 0 aromatic carbocycles. The highest BCUT2D eigenvalue weighted by Gasteiger charge is 2.30. The van der Waals surface area contributed by atoms with Gasteiger partial charge in [-0.2, -0.15) is 5.10 Å². The second-order valence-corrected chi connectivity index (χ2v) is 6.08. The fourth-order valence-corrected chi connectivity index (χ4v) is 3.25. The number of carboxylic acids is 1. The molecule has 1 saturated heterocycles. The summed E-state index contributed by atoms with van der Waals surface area (Å²) in [5.74, 6) is -0.171. The Hall–Kier alpha value is -0.530. The predicted octanol–water partition coefficient (Wildman–Crippen LogP) is 1.38. The Balaban J connectivity index is 2.03. The lowest BCUT2D eigenvalue weighted by Crippen LogP contribution is -2.38. The molecule has 0 aliphatic carbocycles. The van der Waals surface area contributed by atoms with E-state index in [0.29, 0.717) is 12.3 Å². The van der Waals surface area contributed by atoms with Crippen molar-refractivity contribution in [1.29, 1.82) is 0 Å². The van der Waals surface area contributed by atoms with Crippen molar-refractivity contribution in [1.82, 2.24) is 15.1 Å². The minimum Gasteiger partial charge on any atom is -0.480 e. The summed E-state index contributed by atoms with van der Waals surface area (Å²) in [5, 5.41) is 16.5. The van der Waals surface area contributed by atoms with E-state index < -0.39 is 12.0 Å². The van der Waals surface area contributed by atoms with Crippen LogP contribution >= 0.6 is 27.7 Å². The van der Waals surface area contributed by atoms with Gasteiger partial charge in [0.2, 0.25) is 0 Å². The molecular weight excluding hydrogens is 306 g/mol. The summed E-state index contributed by atoms with van der Waals surface area (Å²) in [6, 6.07) is -0.439. The van der Waals surface area contributed by atoms with Crippen LogP contribution in [0.1, 0.15) is 11.4 Å². The van der Waals surface area contributed by atoms with Gasteiger partial charge in [-0.25, -0.2) is 0 Å². The minimum absolute atomic E-state index is 0.112. The number of nitrogens with one attached hydrogen (secondary N) is 1. The third-order valence-corrected chi connectivity index (χ3v) is 5.14. The molecule has 0 saturated carbocycles. The number of nitrogens with zero attached hydrogens (tertiary/aromatic N) is 2. The van der Waals surface area contributed by atoms with Gasteiger partial charge in [0.1, 0.15) is 6.04 Å². The maximum Gasteiger partial charge on any atom is 0.321 e. The number of halogens is 1. The third-order valence-electron chi connectivity index (χ3n) is 2.78. The maximum atomic E-state index is 10.8. The van der Waals surface area contributed by atoms with Crippen LogP contribution in [-0.4, -0.2) is 38.0 Å². The van der Waals surface area contributed by atoms with E-state index in [9.17, 15) is 4.79 Å². The van der Waals surface area contributed by atoms with Crippen molar-refractivity contribution >= 4 is 33.7 Å². The number of carbonyl (C=O) groups is 1.